The Labute approximate surface area is 132 Å². The van der Waals surface area contributed by atoms with Crippen molar-refractivity contribution in [2.75, 3.05) is 18.8 Å². The van der Waals surface area contributed by atoms with E-state index in [1.807, 2.05) is 4.90 Å². The minimum Gasteiger partial charge on any atom is -0.398 e. The fourth-order valence-corrected chi connectivity index (χ4v) is 3.14. The Morgan fingerprint density at radius 3 is 2.62 bits per heavy atom. The molecule has 0 radical (unpaired) electrons. The Hall–Kier alpha value is -1.22. The number of hydrogen-bond acceptors (Lipinski definition) is 2. The van der Waals surface area contributed by atoms with Gasteiger partial charge < -0.3 is 10.6 Å². The van der Waals surface area contributed by atoms with Crippen molar-refractivity contribution in [3.8, 4) is 0 Å². The van der Waals surface area contributed by atoms with E-state index in [4.69, 9.17) is 17.3 Å². The van der Waals surface area contributed by atoms with Crippen molar-refractivity contribution in [1.82, 2.24) is 4.90 Å². The molecule has 0 aliphatic carbocycles. The highest BCUT2D eigenvalue weighted by Crippen LogP contribution is 2.34. The number of carbonyl (C=O) groups excluding carboxylic acids is 1. The molecule has 4 heteroatoms. The molecule has 2 rings (SSSR count). The maximum absolute atomic E-state index is 12.6. The second-order valence-electron chi connectivity index (χ2n) is 7.02. The first-order valence-electron chi connectivity index (χ1n) is 7.63. The van der Waals surface area contributed by atoms with Crippen LogP contribution in [0, 0.1) is 11.3 Å². The Morgan fingerprint density at radius 1 is 1.29 bits per heavy atom. The molecule has 1 heterocycles. The van der Waals surface area contributed by atoms with Gasteiger partial charge in [0.1, 0.15) is 0 Å². The molecule has 3 nitrogen and oxygen atoms in total. The number of carbonyl (C=O) groups is 1. The van der Waals surface area contributed by atoms with Crippen LogP contribution in [0.2, 0.25) is 5.02 Å². The summed E-state index contributed by atoms with van der Waals surface area (Å²) in [5, 5.41) is 0.496. The van der Waals surface area contributed by atoms with Crippen LogP contribution in [0.5, 0.6) is 0 Å². The van der Waals surface area contributed by atoms with Crippen molar-refractivity contribution in [2.45, 2.75) is 40.0 Å². The highest BCUT2D eigenvalue weighted by Gasteiger charge is 2.28. The molecule has 1 aliphatic heterocycles. The van der Waals surface area contributed by atoms with Crippen LogP contribution in [0.25, 0.3) is 0 Å². The van der Waals surface area contributed by atoms with E-state index in [2.05, 4.69) is 20.8 Å². The lowest BCUT2D eigenvalue weighted by Crippen LogP contribution is -2.32. The van der Waals surface area contributed by atoms with Crippen LogP contribution in [-0.2, 0) is 0 Å². The zero-order chi connectivity index (χ0) is 15.6. The van der Waals surface area contributed by atoms with Crippen molar-refractivity contribution < 1.29 is 4.79 Å². The lowest BCUT2D eigenvalue weighted by atomic mass is 9.77. The van der Waals surface area contributed by atoms with Crippen LogP contribution in [-0.4, -0.2) is 23.9 Å². The normalized spacial score (nSPS) is 20.2. The highest BCUT2D eigenvalue weighted by molar-refractivity contribution is 6.33. The molecule has 1 atom stereocenters. The average molecular weight is 309 g/mol. The monoisotopic (exact) mass is 308 g/mol. The summed E-state index contributed by atoms with van der Waals surface area (Å²) in [6.07, 6.45) is 3.32. The third-order valence-corrected chi connectivity index (χ3v) is 4.83. The van der Waals surface area contributed by atoms with Crippen LogP contribution in [0.3, 0.4) is 0 Å². The molecule has 1 amide bonds. The quantitative estimate of drug-likeness (QED) is 0.790. The topological polar surface area (TPSA) is 46.3 Å². The Bertz CT molecular complexity index is 522. The van der Waals surface area contributed by atoms with Crippen LogP contribution in [0.15, 0.2) is 18.2 Å². The van der Waals surface area contributed by atoms with Gasteiger partial charge in [-0.1, -0.05) is 32.4 Å². The van der Waals surface area contributed by atoms with Crippen molar-refractivity contribution in [1.29, 1.82) is 0 Å². The predicted molar refractivity (Wildman–Crippen MR) is 88.6 cm³/mol. The molecule has 1 aromatic carbocycles. The van der Waals surface area contributed by atoms with Crippen LogP contribution >= 0.6 is 11.6 Å². The molecule has 0 spiro atoms. The Balaban J connectivity index is 2.08. The molecule has 21 heavy (non-hydrogen) atoms. The molecular weight excluding hydrogens is 284 g/mol. The number of nitrogen functional groups attached to an aromatic ring is 1. The summed E-state index contributed by atoms with van der Waals surface area (Å²) >= 11 is 5.92. The second-order valence-corrected chi connectivity index (χ2v) is 7.43. The maximum atomic E-state index is 12.6. The van der Waals surface area contributed by atoms with Gasteiger partial charge in [-0.05, 0) is 48.8 Å². The maximum Gasteiger partial charge on any atom is 0.253 e. The van der Waals surface area contributed by atoms with E-state index in [9.17, 15) is 4.79 Å². The zero-order valence-corrected chi connectivity index (χ0v) is 13.9. The molecule has 0 saturated carbocycles. The first-order valence-corrected chi connectivity index (χ1v) is 8.01. The van der Waals surface area contributed by atoms with Crippen molar-refractivity contribution >= 4 is 23.2 Å². The molecule has 1 fully saturated rings. The van der Waals surface area contributed by atoms with E-state index in [1.165, 1.54) is 6.42 Å². The van der Waals surface area contributed by atoms with E-state index in [1.54, 1.807) is 18.2 Å². The first kappa shape index (κ1) is 16.2. The summed E-state index contributed by atoms with van der Waals surface area (Å²) in [5.41, 5.74) is 7.20. The Morgan fingerprint density at radius 2 is 2.00 bits per heavy atom. The number of hydrogen-bond donors (Lipinski definition) is 1. The molecule has 1 saturated heterocycles. The highest BCUT2D eigenvalue weighted by atomic mass is 35.5. The molecule has 116 valence electrons. The molecule has 1 aromatic rings. The van der Waals surface area contributed by atoms with Gasteiger partial charge >= 0.3 is 0 Å². The van der Waals surface area contributed by atoms with Gasteiger partial charge in [-0.3, -0.25) is 4.79 Å². The number of halogens is 1. The first-order chi connectivity index (χ1) is 9.79. The summed E-state index contributed by atoms with van der Waals surface area (Å²) < 4.78 is 0. The van der Waals surface area contributed by atoms with Gasteiger partial charge in [0.05, 0.1) is 10.7 Å². The van der Waals surface area contributed by atoms with Crippen molar-refractivity contribution in [3.63, 3.8) is 0 Å². The van der Waals surface area contributed by atoms with Gasteiger partial charge in [-0.15, -0.1) is 0 Å². The van der Waals surface area contributed by atoms with E-state index in [0.29, 0.717) is 27.6 Å². The van der Waals surface area contributed by atoms with Gasteiger partial charge in [0, 0.05) is 18.7 Å². The third kappa shape index (κ3) is 3.91. The number of benzene rings is 1. The minimum absolute atomic E-state index is 0.0629. The largest absolute Gasteiger partial charge is 0.398 e. The number of rotatable bonds is 1. The zero-order valence-electron chi connectivity index (χ0n) is 13.2. The van der Waals surface area contributed by atoms with E-state index < -0.39 is 0 Å². The minimum atomic E-state index is 0.0629. The SMILES string of the molecule is CC(C)(C)C1CCCN(C(=O)c2ccc(Cl)c(N)c2)CC1. The molecule has 0 aromatic heterocycles. The molecule has 1 unspecified atom stereocenters. The lowest BCUT2D eigenvalue weighted by molar-refractivity contribution is 0.0755. The summed E-state index contributed by atoms with van der Waals surface area (Å²) in [4.78, 5) is 14.6. The third-order valence-electron chi connectivity index (χ3n) is 4.48. The number of amides is 1. The van der Waals surface area contributed by atoms with Gasteiger partial charge in [0.2, 0.25) is 0 Å². The standard InChI is InChI=1S/C17H25ClN2O/c1-17(2,3)13-5-4-9-20(10-8-13)16(21)12-6-7-14(18)15(19)11-12/h6-7,11,13H,4-5,8-10,19H2,1-3H3. The number of nitrogens with two attached hydrogens (primary N) is 1. The van der Waals surface area contributed by atoms with E-state index >= 15 is 0 Å². The predicted octanol–water partition coefficient (Wildman–Crippen LogP) is 4.21. The van der Waals surface area contributed by atoms with Crippen LogP contribution < -0.4 is 5.73 Å². The van der Waals surface area contributed by atoms with Gasteiger partial charge in [-0.25, -0.2) is 0 Å². The smallest absolute Gasteiger partial charge is 0.253 e. The van der Waals surface area contributed by atoms with Gasteiger partial charge in [-0.2, -0.15) is 0 Å². The van der Waals surface area contributed by atoms with Crippen molar-refractivity contribution in [3.05, 3.63) is 28.8 Å². The van der Waals surface area contributed by atoms with Gasteiger partial charge in [0.25, 0.3) is 5.91 Å². The summed E-state index contributed by atoms with van der Waals surface area (Å²) in [6.45, 7) is 8.51. The average Bonchev–Trinajstić information content (AvgIpc) is 2.66. The van der Waals surface area contributed by atoms with E-state index in [0.717, 1.165) is 25.9 Å². The molecular formula is C17H25ClN2O. The second kappa shape index (κ2) is 6.27. The van der Waals surface area contributed by atoms with Crippen LogP contribution in [0.4, 0.5) is 5.69 Å². The fourth-order valence-electron chi connectivity index (χ4n) is 3.02. The molecule has 0 bridgehead atoms. The summed E-state index contributed by atoms with van der Waals surface area (Å²) in [5.74, 6) is 0.735. The van der Waals surface area contributed by atoms with Crippen molar-refractivity contribution in [2.24, 2.45) is 11.3 Å². The number of anilines is 1. The van der Waals surface area contributed by atoms with Crippen LogP contribution in [0.1, 0.15) is 50.4 Å². The lowest BCUT2D eigenvalue weighted by Gasteiger charge is -2.29. The summed E-state index contributed by atoms with van der Waals surface area (Å²) in [6, 6.07) is 5.13. The van der Waals surface area contributed by atoms with Gasteiger partial charge in [0.15, 0.2) is 0 Å². The molecule has 1 aliphatic rings. The number of likely N-dealkylation sites (tertiary alicyclic amines) is 1. The van der Waals surface area contributed by atoms with E-state index in [-0.39, 0.29) is 5.91 Å². The number of nitrogens with zero attached hydrogens (tertiary/aromatic N) is 1. The summed E-state index contributed by atoms with van der Waals surface area (Å²) in [7, 11) is 0. The Kier molecular flexibility index (Phi) is 4.82. The fraction of sp³-hybridized carbons (Fsp3) is 0.588. The molecule has 2 N–H and O–H groups in total.